The molecule has 0 fully saturated rings. The van der Waals surface area contributed by atoms with Crippen LogP contribution in [0.25, 0.3) is 0 Å². The number of aliphatic carboxylic acids is 1. The van der Waals surface area contributed by atoms with Gasteiger partial charge in [0.25, 0.3) is 0 Å². The van der Waals surface area contributed by atoms with Crippen molar-refractivity contribution < 1.29 is 19.1 Å². The van der Waals surface area contributed by atoms with E-state index < -0.39 is 17.7 Å². The standard InChI is InChI=1S/C14H18ClFN2O3/c1-3-18(9(2)6-14(20)21)8-13(19)17-12-5-4-10(15)7-11(12)16/h4-5,7,9H,3,6,8H2,1-2H3,(H,17,19)(H,20,21). The van der Waals surface area contributed by atoms with E-state index in [2.05, 4.69) is 5.32 Å². The molecule has 5 nitrogen and oxygen atoms in total. The van der Waals surface area contributed by atoms with Gasteiger partial charge in [-0.2, -0.15) is 0 Å². The zero-order valence-electron chi connectivity index (χ0n) is 11.9. The first-order valence-electron chi connectivity index (χ1n) is 6.54. The Labute approximate surface area is 127 Å². The van der Waals surface area contributed by atoms with Crippen molar-refractivity contribution in [3.8, 4) is 0 Å². The predicted octanol–water partition coefficient (Wildman–Crippen LogP) is 2.60. The summed E-state index contributed by atoms with van der Waals surface area (Å²) in [5.74, 6) is -1.95. The fourth-order valence-electron chi connectivity index (χ4n) is 1.93. The van der Waals surface area contributed by atoms with Crippen LogP contribution in [-0.4, -0.2) is 41.0 Å². The van der Waals surface area contributed by atoms with Crippen LogP contribution in [-0.2, 0) is 9.59 Å². The smallest absolute Gasteiger partial charge is 0.304 e. The lowest BCUT2D eigenvalue weighted by atomic mass is 10.2. The second-order valence-electron chi connectivity index (χ2n) is 4.68. The first kappa shape index (κ1) is 17.4. The topological polar surface area (TPSA) is 69.6 Å². The van der Waals surface area contributed by atoms with Crippen molar-refractivity contribution in [1.82, 2.24) is 4.90 Å². The Hall–Kier alpha value is -1.66. The van der Waals surface area contributed by atoms with E-state index in [-0.39, 0.29) is 29.7 Å². The molecule has 1 rings (SSSR count). The van der Waals surface area contributed by atoms with Gasteiger partial charge in [0.2, 0.25) is 5.91 Å². The van der Waals surface area contributed by atoms with E-state index in [9.17, 15) is 14.0 Å². The Balaban J connectivity index is 2.64. The zero-order valence-corrected chi connectivity index (χ0v) is 12.7. The summed E-state index contributed by atoms with van der Waals surface area (Å²) in [5, 5.41) is 11.5. The Bertz CT molecular complexity index is 525. The summed E-state index contributed by atoms with van der Waals surface area (Å²) in [6.45, 7) is 4.07. The van der Waals surface area contributed by atoms with E-state index in [1.807, 2.05) is 6.92 Å². The fraction of sp³-hybridized carbons (Fsp3) is 0.429. The second kappa shape index (κ2) is 7.95. The summed E-state index contributed by atoms with van der Waals surface area (Å²) in [4.78, 5) is 24.3. The molecule has 0 aliphatic carbocycles. The third-order valence-corrected chi connectivity index (χ3v) is 3.29. The number of rotatable bonds is 7. The molecule has 2 N–H and O–H groups in total. The number of nitrogens with one attached hydrogen (secondary N) is 1. The summed E-state index contributed by atoms with van der Waals surface area (Å²) < 4.78 is 13.6. The van der Waals surface area contributed by atoms with Gasteiger partial charge in [-0.15, -0.1) is 0 Å². The summed E-state index contributed by atoms with van der Waals surface area (Å²) in [6.07, 6.45) is -0.0591. The van der Waals surface area contributed by atoms with E-state index in [4.69, 9.17) is 16.7 Å². The molecule has 1 unspecified atom stereocenters. The van der Waals surface area contributed by atoms with Gasteiger partial charge >= 0.3 is 5.97 Å². The van der Waals surface area contributed by atoms with Crippen LogP contribution in [0, 0.1) is 5.82 Å². The van der Waals surface area contributed by atoms with E-state index >= 15 is 0 Å². The fourth-order valence-corrected chi connectivity index (χ4v) is 2.08. The molecule has 0 bridgehead atoms. The maximum atomic E-state index is 13.6. The SMILES string of the molecule is CCN(CC(=O)Nc1ccc(Cl)cc1F)C(C)CC(=O)O. The average Bonchev–Trinajstić information content (AvgIpc) is 2.38. The van der Waals surface area contributed by atoms with Crippen molar-refractivity contribution in [3.05, 3.63) is 29.0 Å². The molecule has 0 saturated carbocycles. The number of hydrogen-bond acceptors (Lipinski definition) is 3. The molecule has 116 valence electrons. The van der Waals surface area contributed by atoms with Crippen molar-refractivity contribution in [2.75, 3.05) is 18.4 Å². The maximum Gasteiger partial charge on any atom is 0.304 e. The van der Waals surface area contributed by atoms with E-state index in [0.717, 1.165) is 6.07 Å². The number of nitrogens with zero attached hydrogens (tertiary/aromatic N) is 1. The lowest BCUT2D eigenvalue weighted by Crippen LogP contribution is -2.40. The molecule has 0 aliphatic heterocycles. The van der Waals surface area contributed by atoms with Crippen LogP contribution in [0.4, 0.5) is 10.1 Å². The third kappa shape index (κ3) is 5.69. The Kier molecular flexibility index (Phi) is 6.58. The van der Waals surface area contributed by atoms with Crippen LogP contribution < -0.4 is 5.32 Å². The first-order chi connectivity index (χ1) is 9.83. The molecule has 0 aromatic heterocycles. The highest BCUT2D eigenvalue weighted by Crippen LogP contribution is 2.18. The predicted molar refractivity (Wildman–Crippen MR) is 79.0 cm³/mol. The molecule has 1 amide bonds. The number of carboxylic acid groups (broad SMARTS) is 1. The van der Waals surface area contributed by atoms with Crippen LogP contribution in [0.1, 0.15) is 20.3 Å². The van der Waals surface area contributed by atoms with Crippen molar-refractivity contribution in [2.45, 2.75) is 26.3 Å². The molecule has 1 aromatic rings. The van der Waals surface area contributed by atoms with Gasteiger partial charge in [-0.25, -0.2) is 4.39 Å². The molecule has 0 spiro atoms. The van der Waals surface area contributed by atoms with E-state index in [0.29, 0.717) is 6.54 Å². The third-order valence-electron chi connectivity index (χ3n) is 3.05. The molecular formula is C14H18ClFN2O3. The number of benzene rings is 1. The number of hydrogen-bond donors (Lipinski definition) is 2. The Morgan fingerprint density at radius 1 is 1.48 bits per heavy atom. The molecule has 7 heteroatoms. The van der Waals surface area contributed by atoms with Gasteiger partial charge < -0.3 is 10.4 Å². The van der Waals surface area contributed by atoms with Crippen molar-refractivity contribution in [2.24, 2.45) is 0 Å². The minimum Gasteiger partial charge on any atom is -0.481 e. The lowest BCUT2D eigenvalue weighted by Gasteiger charge is -2.25. The Morgan fingerprint density at radius 3 is 2.67 bits per heavy atom. The lowest BCUT2D eigenvalue weighted by molar-refractivity contribution is -0.138. The van der Waals surface area contributed by atoms with Gasteiger partial charge in [-0.05, 0) is 31.7 Å². The molecule has 0 aliphatic rings. The van der Waals surface area contributed by atoms with Crippen molar-refractivity contribution in [1.29, 1.82) is 0 Å². The highest BCUT2D eigenvalue weighted by atomic mass is 35.5. The van der Waals surface area contributed by atoms with Gasteiger partial charge in [0.1, 0.15) is 5.82 Å². The minimum atomic E-state index is -0.926. The number of likely N-dealkylation sites (N-methyl/N-ethyl adjacent to an activating group) is 1. The molecule has 0 heterocycles. The van der Waals surface area contributed by atoms with Crippen LogP contribution >= 0.6 is 11.6 Å². The van der Waals surface area contributed by atoms with Crippen molar-refractivity contribution in [3.63, 3.8) is 0 Å². The van der Waals surface area contributed by atoms with Crippen LogP contribution in [0.15, 0.2) is 18.2 Å². The highest BCUT2D eigenvalue weighted by Gasteiger charge is 2.18. The van der Waals surface area contributed by atoms with Crippen LogP contribution in [0.2, 0.25) is 5.02 Å². The number of halogens is 2. The largest absolute Gasteiger partial charge is 0.481 e. The molecule has 1 atom stereocenters. The van der Waals surface area contributed by atoms with Crippen LogP contribution in [0.5, 0.6) is 0 Å². The number of anilines is 1. The first-order valence-corrected chi connectivity index (χ1v) is 6.92. The summed E-state index contributed by atoms with van der Waals surface area (Å²) in [7, 11) is 0. The molecular weight excluding hydrogens is 299 g/mol. The minimum absolute atomic E-state index is 0.00693. The summed E-state index contributed by atoms with van der Waals surface area (Å²) in [6, 6.07) is 3.69. The van der Waals surface area contributed by atoms with Crippen molar-refractivity contribution >= 4 is 29.2 Å². The Morgan fingerprint density at radius 2 is 2.14 bits per heavy atom. The van der Waals surface area contributed by atoms with E-state index in [1.54, 1.807) is 11.8 Å². The van der Waals surface area contributed by atoms with Gasteiger partial charge in [-0.3, -0.25) is 14.5 Å². The van der Waals surface area contributed by atoms with Crippen LogP contribution in [0.3, 0.4) is 0 Å². The number of carbonyl (C=O) groups is 2. The molecule has 21 heavy (non-hydrogen) atoms. The van der Waals surface area contributed by atoms with Gasteiger partial charge in [0, 0.05) is 11.1 Å². The summed E-state index contributed by atoms with van der Waals surface area (Å²) in [5.41, 5.74) is 0.0475. The number of carbonyl (C=O) groups excluding carboxylic acids is 1. The highest BCUT2D eigenvalue weighted by molar-refractivity contribution is 6.30. The quantitative estimate of drug-likeness (QED) is 0.811. The maximum absolute atomic E-state index is 13.6. The normalized spacial score (nSPS) is 12.2. The summed E-state index contributed by atoms with van der Waals surface area (Å²) >= 11 is 5.63. The van der Waals surface area contributed by atoms with E-state index in [1.165, 1.54) is 12.1 Å². The molecule has 0 radical (unpaired) electrons. The second-order valence-corrected chi connectivity index (χ2v) is 5.12. The average molecular weight is 317 g/mol. The zero-order chi connectivity index (χ0) is 16.0. The van der Waals surface area contributed by atoms with Gasteiger partial charge in [0.15, 0.2) is 0 Å². The number of amides is 1. The van der Waals surface area contributed by atoms with Gasteiger partial charge in [-0.1, -0.05) is 18.5 Å². The molecule has 1 aromatic carbocycles. The van der Waals surface area contributed by atoms with Gasteiger partial charge in [0.05, 0.1) is 18.7 Å². The monoisotopic (exact) mass is 316 g/mol. The number of carboxylic acids is 1. The molecule has 0 saturated heterocycles.